The maximum Gasteiger partial charge on any atom is 0.187 e. The summed E-state index contributed by atoms with van der Waals surface area (Å²) in [6.07, 6.45) is 7.79. The third-order valence-electron chi connectivity index (χ3n) is 14.5. The van der Waals surface area contributed by atoms with Gasteiger partial charge in [0.1, 0.15) is 5.82 Å². The zero-order valence-electron chi connectivity index (χ0n) is 57.0. The van der Waals surface area contributed by atoms with Crippen molar-refractivity contribution in [1.29, 1.82) is 0 Å². The molecule has 0 radical (unpaired) electrons. The number of halogens is 1. The van der Waals surface area contributed by atoms with Crippen LogP contribution in [0.5, 0.6) is 0 Å². The predicted molar refractivity (Wildman–Crippen MR) is 388 cm³/mol. The molecule has 468 valence electrons. The van der Waals surface area contributed by atoms with E-state index in [1.165, 1.54) is 62.2 Å². The molecule has 2 N–H and O–H groups in total. The van der Waals surface area contributed by atoms with Gasteiger partial charge in [-0.3, -0.25) is 4.99 Å². The highest BCUT2D eigenvalue weighted by Gasteiger charge is 2.23. The first-order chi connectivity index (χ1) is 41.2. The van der Waals surface area contributed by atoms with E-state index in [2.05, 4.69) is 261 Å². The largest absolute Gasteiger partial charge is 0.399 e. The Labute approximate surface area is 538 Å². The summed E-state index contributed by atoms with van der Waals surface area (Å²) >= 11 is 3.60. The zero-order valence-corrected chi connectivity index (χ0v) is 58.7. The Kier molecular flexibility index (Phi) is 37.1. The summed E-state index contributed by atoms with van der Waals surface area (Å²) in [5, 5.41) is 6.44. The number of rotatable bonds is 10. The zero-order chi connectivity index (χ0) is 65.0. The second kappa shape index (κ2) is 42.3. The van der Waals surface area contributed by atoms with Crippen LogP contribution < -0.4 is 5.73 Å². The van der Waals surface area contributed by atoms with Crippen molar-refractivity contribution in [3.8, 4) is 0 Å². The van der Waals surface area contributed by atoms with Crippen LogP contribution in [0.3, 0.4) is 0 Å². The van der Waals surface area contributed by atoms with E-state index in [1.807, 2.05) is 79.2 Å². The molecule has 1 saturated carbocycles. The maximum absolute atomic E-state index is 12.8. The Bertz CT molecular complexity index is 3040. The van der Waals surface area contributed by atoms with Crippen LogP contribution in [-0.2, 0) is 0 Å². The topological polar surface area (TPSA) is 42.7 Å². The van der Waals surface area contributed by atoms with E-state index in [-0.39, 0.29) is 5.82 Å². The number of aryl methyl sites for hydroxylation is 2. The number of hydrogen-bond donors (Lipinski definition) is 1. The van der Waals surface area contributed by atoms with E-state index in [0.717, 1.165) is 34.8 Å². The molecule has 0 bridgehead atoms. The molecule has 3 nitrogen and oxygen atoms in total. The fourth-order valence-corrected chi connectivity index (χ4v) is 9.96. The minimum atomic E-state index is -0.131. The Balaban J connectivity index is 0.000000335. The fraction of sp³-hybridized carbons (Fsp3) is 0.407. The lowest BCUT2D eigenvalue weighted by Crippen LogP contribution is -1.89. The smallest absolute Gasteiger partial charge is 0.187 e. The molecule has 0 spiro atoms. The third kappa shape index (κ3) is 33.3. The van der Waals surface area contributed by atoms with Crippen molar-refractivity contribution < 1.29 is 4.39 Å². The van der Waals surface area contributed by atoms with Crippen molar-refractivity contribution in [3.63, 3.8) is 0 Å². The average Bonchev–Trinajstić information content (AvgIpc) is 4.06. The molecule has 10 rings (SSSR count). The molecule has 87 heavy (non-hydrogen) atoms. The lowest BCUT2D eigenvalue weighted by molar-refractivity contribution is 0.622. The van der Waals surface area contributed by atoms with Crippen molar-refractivity contribution in [1.82, 2.24) is 0 Å². The first kappa shape index (κ1) is 76.4. The first-order valence-corrected chi connectivity index (χ1v) is 33.6. The van der Waals surface area contributed by atoms with Crippen LogP contribution in [0, 0.1) is 32.2 Å². The van der Waals surface area contributed by atoms with Crippen LogP contribution in [0.2, 0.25) is 0 Å². The minimum absolute atomic E-state index is 0.131. The number of thiophene rings is 2. The minimum Gasteiger partial charge on any atom is -0.399 e. The van der Waals surface area contributed by atoms with E-state index in [0.29, 0.717) is 53.3 Å². The van der Waals surface area contributed by atoms with E-state index < -0.39 is 0 Å². The highest BCUT2D eigenvalue weighted by Crippen LogP contribution is 2.40. The van der Waals surface area contributed by atoms with Crippen LogP contribution in [0.15, 0.2) is 197 Å². The Morgan fingerprint density at radius 2 is 0.966 bits per heavy atom. The average molecular weight is 1210 g/mol. The van der Waals surface area contributed by atoms with Gasteiger partial charge in [-0.1, -0.05) is 263 Å². The molecule has 1 aliphatic heterocycles. The van der Waals surface area contributed by atoms with Gasteiger partial charge in [0, 0.05) is 29.4 Å². The quantitative estimate of drug-likeness (QED) is 0.108. The van der Waals surface area contributed by atoms with E-state index in [9.17, 15) is 4.39 Å². The second-order valence-corrected chi connectivity index (χ2v) is 27.2. The number of aliphatic imine (C=N–C) groups is 1. The summed E-state index contributed by atoms with van der Waals surface area (Å²) in [6.45, 7) is 50.1. The number of benzene rings is 6. The molecule has 6 aromatic carbocycles. The highest BCUT2D eigenvalue weighted by atomic mass is 32.1. The molecule has 6 heteroatoms. The monoisotopic (exact) mass is 1210 g/mol. The SMILES string of the molecule is CC(C)C1=CN=CC1.CC(C)c1cccc(C2CC2)c1.CC(C)c1cccc(N)c1.CC(C)c1ccccc1.CC(C)c1cccs1.CC(C)c1ccsc1.Cc1cc(F)cc(C(C)C)c1.Cc1cccc(C(C)C)c1.[C-]#[N+]c1cccc(C(C)C)c1. The number of nitrogens with two attached hydrogens (primary N) is 1. The summed E-state index contributed by atoms with van der Waals surface area (Å²) in [7, 11) is 0. The Hall–Kier alpha value is -6.65. The van der Waals surface area contributed by atoms with Crippen molar-refractivity contribution >= 4 is 40.3 Å². The molecular formula is C81H110FN3S2. The van der Waals surface area contributed by atoms with Gasteiger partial charge in [0.25, 0.3) is 0 Å². The van der Waals surface area contributed by atoms with Gasteiger partial charge in [-0.05, 0) is 188 Å². The predicted octanol–water partition coefficient (Wildman–Crippen LogP) is 26.4. The Morgan fingerprint density at radius 1 is 0.460 bits per heavy atom. The van der Waals surface area contributed by atoms with Gasteiger partial charge < -0.3 is 5.73 Å². The Morgan fingerprint density at radius 3 is 1.33 bits per heavy atom. The van der Waals surface area contributed by atoms with Gasteiger partial charge >= 0.3 is 0 Å². The summed E-state index contributed by atoms with van der Waals surface area (Å²) in [5.41, 5.74) is 21.9. The number of anilines is 1. The summed E-state index contributed by atoms with van der Waals surface area (Å²) < 4.78 is 12.8. The molecule has 1 aliphatic carbocycles. The lowest BCUT2D eigenvalue weighted by Gasteiger charge is -2.06. The molecule has 0 atom stereocenters. The van der Waals surface area contributed by atoms with E-state index in [4.69, 9.17) is 12.3 Å². The highest BCUT2D eigenvalue weighted by molar-refractivity contribution is 7.10. The first-order valence-electron chi connectivity index (χ1n) is 31.8. The molecule has 2 aliphatic rings. The summed E-state index contributed by atoms with van der Waals surface area (Å²) in [6, 6.07) is 55.7. The standard InChI is InChI=1S/C12H16.C10H13F.C10H11N.C10H14.C9H13N.C9H12.C7H11N.2C7H10S/c1-9(2)11-4-3-5-12(8-11)10-6-7-10;1-7(2)9-4-8(3)5-10(11)6-9;1-8(2)9-5-4-6-10(7-9)11-3;1-8(2)10-6-4-5-9(3)7-10;1-7(2)8-4-3-5-9(10)6-8;1-8(2)9-6-4-3-5-7-9;2*1-6(2)7-3-4-8-5-7;1-6(2)7-4-3-5-8-7/h3-5,8-10H,6-7H2,1-2H3;4-7H,1-3H3;4-8H,1-2H3;4-8H,1-3H3;3-7H,10H2,1-2H3;3-8H,1-2H3;4-6H,3H2,1-2H3;2*3-6H,1-2H3. The van der Waals surface area contributed by atoms with Crippen LogP contribution in [0.1, 0.15) is 258 Å². The normalized spacial score (nSPS) is 11.9. The van der Waals surface area contributed by atoms with Crippen molar-refractivity contribution in [2.75, 3.05) is 5.73 Å². The molecule has 0 saturated heterocycles. The fourth-order valence-electron chi connectivity index (χ4n) is 8.39. The van der Waals surface area contributed by atoms with Crippen molar-refractivity contribution in [2.24, 2.45) is 10.9 Å². The van der Waals surface area contributed by atoms with Crippen LogP contribution in [0.4, 0.5) is 15.8 Å². The molecule has 3 heterocycles. The number of allylic oxidation sites excluding steroid dienone is 1. The van der Waals surface area contributed by atoms with Crippen LogP contribution >= 0.6 is 22.7 Å². The van der Waals surface area contributed by atoms with Gasteiger partial charge in [-0.25, -0.2) is 9.24 Å². The molecule has 2 aromatic heterocycles. The van der Waals surface area contributed by atoms with Crippen molar-refractivity contribution in [3.05, 3.63) is 269 Å². The van der Waals surface area contributed by atoms with Gasteiger partial charge in [0.15, 0.2) is 5.69 Å². The summed E-state index contributed by atoms with van der Waals surface area (Å²) in [5.74, 6) is 6.31. The van der Waals surface area contributed by atoms with Gasteiger partial charge in [-0.15, -0.1) is 11.3 Å². The van der Waals surface area contributed by atoms with E-state index in [1.54, 1.807) is 29.0 Å². The van der Waals surface area contributed by atoms with Gasteiger partial charge in [0.2, 0.25) is 0 Å². The van der Waals surface area contributed by atoms with E-state index >= 15 is 0 Å². The molecule has 0 unspecified atom stereocenters. The molecule has 1 fully saturated rings. The second-order valence-electron chi connectivity index (χ2n) is 25.4. The van der Waals surface area contributed by atoms with Crippen LogP contribution in [0.25, 0.3) is 4.85 Å². The lowest BCUT2D eigenvalue weighted by atomic mass is 9.99. The number of nitrogens with zero attached hydrogens (tertiary/aromatic N) is 2. The van der Waals surface area contributed by atoms with Crippen LogP contribution in [-0.4, -0.2) is 6.21 Å². The number of nitrogen functional groups attached to an aromatic ring is 1. The molecule has 0 amide bonds. The summed E-state index contributed by atoms with van der Waals surface area (Å²) in [4.78, 5) is 8.84. The van der Waals surface area contributed by atoms with Gasteiger partial charge in [-0.2, -0.15) is 11.3 Å². The van der Waals surface area contributed by atoms with Gasteiger partial charge in [0.05, 0.1) is 6.57 Å². The molecular weight excluding hydrogens is 1100 g/mol. The maximum atomic E-state index is 12.8. The number of hydrogen-bond acceptors (Lipinski definition) is 4. The van der Waals surface area contributed by atoms with Crippen molar-refractivity contribution in [2.45, 2.75) is 211 Å². The third-order valence-corrected chi connectivity index (χ3v) is 16.4. The molecule has 8 aromatic rings.